The Morgan fingerprint density at radius 2 is 1.59 bits per heavy atom. The number of benzene rings is 2. The lowest BCUT2D eigenvalue weighted by molar-refractivity contribution is -0.122. The van der Waals surface area contributed by atoms with Crippen LogP contribution in [0.4, 0.5) is 5.69 Å². The molecule has 2 aromatic carbocycles. The van der Waals surface area contributed by atoms with Gasteiger partial charge in [0.05, 0.1) is 7.11 Å². The molecule has 0 bridgehead atoms. The normalized spacial score (nSPS) is 16.7. The molecule has 1 atom stereocenters. The number of anilines is 1. The van der Waals surface area contributed by atoms with E-state index in [4.69, 9.17) is 4.74 Å². The Morgan fingerprint density at radius 1 is 1.00 bits per heavy atom. The first kappa shape index (κ1) is 19.4. The molecular formula is C22H29N3O2. The Balaban J connectivity index is 1.89. The van der Waals surface area contributed by atoms with Crippen LogP contribution in [0.5, 0.6) is 5.75 Å². The van der Waals surface area contributed by atoms with Crippen molar-refractivity contribution < 1.29 is 9.53 Å². The molecule has 0 spiro atoms. The number of piperazine rings is 1. The zero-order valence-electron chi connectivity index (χ0n) is 16.7. The molecular weight excluding hydrogens is 338 g/mol. The lowest BCUT2D eigenvalue weighted by atomic mass is 10.0. The molecule has 0 saturated carbocycles. The molecule has 1 fully saturated rings. The number of rotatable bonds is 5. The number of methoxy groups -OCH3 is 1. The molecule has 1 unspecified atom stereocenters. The van der Waals surface area contributed by atoms with Gasteiger partial charge in [0.25, 0.3) is 0 Å². The van der Waals surface area contributed by atoms with Gasteiger partial charge in [0.2, 0.25) is 5.91 Å². The second-order valence-electron chi connectivity index (χ2n) is 7.27. The van der Waals surface area contributed by atoms with Crippen molar-refractivity contribution in [2.24, 2.45) is 0 Å². The topological polar surface area (TPSA) is 44.8 Å². The summed E-state index contributed by atoms with van der Waals surface area (Å²) in [5, 5.41) is 3.19. The number of nitrogens with zero attached hydrogens (tertiary/aromatic N) is 2. The SMILES string of the molecule is COc1ccc(C(C(=O)Nc2c(C)cccc2C)N2CCN(C)CC2)cc1. The highest BCUT2D eigenvalue weighted by Gasteiger charge is 2.30. The quantitative estimate of drug-likeness (QED) is 0.881. The number of ether oxygens (including phenoxy) is 1. The van der Waals surface area contributed by atoms with Gasteiger partial charge >= 0.3 is 0 Å². The fraction of sp³-hybridized carbons (Fsp3) is 0.409. The Bertz CT molecular complexity index is 760. The Kier molecular flexibility index (Phi) is 6.14. The summed E-state index contributed by atoms with van der Waals surface area (Å²) < 4.78 is 5.28. The molecule has 1 amide bonds. The molecule has 0 aromatic heterocycles. The van der Waals surface area contributed by atoms with Gasteiger partial charge in [-0.3, -0.25) is 9.69 Å². The second-order valence-corrected chi connectivity index (χ2v) is 7.27. The van der Waals surface area contributed by atoms with Crippen LogP contribution in [0.15, 0.2) is 42.5 Å². The summed E-state index contributed by atoms with van der Waals surface area (Å²) in [6.07, 6.45) is 0. The van der Waals surface area contributed by atoms with Gasteiger partial charge < -0.3 is 15.0 Å². The number of carbonyl (C=O) groups excluding carboxylic acids is 1. The summed E-state index contributed by atoms with van der Waals surface area (Å²) in [5.74, 6) is 0.813. The molecule has 5 nitrogen and oxygen atoms in total. The van der Waals surface area contributed by atoms with E-state index in [1.807, 2.05) is 56.3 Å². The van der Waals surface area contributed by atoms with Crippen LogP contribution >= 0.6 is 0 Å². The summed E-state index contributed by atoms with van der Waals surface area (Å²) in [5.41, 5.74) is 4.06. The van der Waals surface area contributed by atoms with Gasteiger partial charge in [-0.15, -0.1) is 0 Å². The molecule has 1 saturated heterocycles. The highest BCUT2D eigenvalue weighted by Crippen LogP contribution is 2.28. The van der Waals surface area contributed by atoms with Crippen LogP contribution in [0.25, 0.3) is 0 Å². The summed E-state index contributed by atoms with van der Waals surface area (Å²) in [4.78, 5) is 17.9. The smallest absolute Gasteiger partial charge is 0.246 e. The van der Waals surface area contributed by atoms with Crippen LogP contribution in [0.3, 0.4) is 0 Å². The molecule has 1 aliphatic heterocycles. The Morgan fingerprint density at radius 3 is 2.15 bits per heavy atom. The van der Waals surface area contributed by atoms with Crippen LogP contribution < -0.4 is 10.1 Å². The van der Waals surface area contributed by atoms with Gasteiger partial charge in [-0.05, 0) is 49.7 Å². The van der Waals surface area contributed by atoms with Crippen LogP contribution in [-0.4, -0.2) is 56.0 Å². The Hall–Kier alpha value is -2.37. The monoisotopic (exact) mass is 367 g/mol. The number of hydrogen-bond acceptors (Lipinski definition) is 4. The van der Waals surface area contributed by atoms with Crippen LogP contribution in [-0.2, 0) is 4.79 Å². The van der Waals surface area contributed by atoms with E-state index < -0.39 is 0 Å². The minimum atomic E-state index is -0.316. The zero-order valence-corrected chi connectivity index (χ0v) is 16.7. The van der Waals surface area contributed by atoms with Crippen molar-refractivity contribution in [2.75, 3.05) is 45.7 Å². The standard InChI is InChI=1S/C22H29N3O2/c1-16-6-5-7-17(2)20(16)23-22(26)21(25-14-12-24(3)13-15-25)18-8-10-19(27-4)11-9-18/h5-11,21H,12-15H2,1-4H3,(H,23,26). The first-order valence-electron chi connectivity index (χ1n) is 9.43. The maximum absolute atomic E-state index is 13.4. The van der Waals surface area contributed by atoms with E-state index in [2.05, 4.69) is 22.2 Å². The fourth-order valence-electron chi connectivity index (χ4n) is 3.60. The second kappa shape index (κ2) is 8.55. The van der Waals surface area contributed by atoms with Gasteiger partial charge in [-0.25, -0.2) is 0 Å². The van der Waals surface area contributed by atoms with Crippen molar-refractivity contribution in [3.05, 3.63) is 59.2 Å². The number of nitrogens with one attached hydrogen (secondary N) is 1. The van der Waals surface area contributed by atoms with Gasteiger partial charge in [0.1, 0.15) is 11.8 Å². The van der Waals surface area contributed by atoms with E-state index in [1.165, 1.54) is 0 Å². The highest BCUT2D eigenvalue weighted by atomic mass is 16.5. The third-order valence-electron chi connectivity index (χ3n) is 5.31. The number of aryl methyl sites for hydroxylation is 2. The van der Waals surface area contributed by atoms with E-state index in [-0.39, 0.29) is 11.9 Å². The van der Waals surface area contributed by atoms with Crippen molar-refractivity contribution >= 4 is 11.6 Å². The van der Waals surface area contributed by atoms with E-state index in [0.717, 1.165) is 54.3 Å². The maximum Gasteiger partial charge on any atom is 0.246 e. The lowest BCUT2D eigenvalue weighted by Crippen LogP contribution is -2.48. The molecule has 2 aromatic rings. The van der Waals surface area contributed by atoms with E-state index in [9.17, 15) is 4.79 Å². The number of hydrogen-bond donors (Lipinski definition) is 1. The molecule has 0 aliphatic carbocycles. The number of amides is 1. The minimum absolute atomic E-state index is 0.0159. The molecule has 1 heterocycles. The van der Waals surface area contributed by atoms with Gasteiger partial charge in [-0.1, -0.05) is 30.3 Å². The average Bonchev–Trinajstić information content (AvgIpc) is 2.67. The Labute approximate surface area is 161 Å². The number of para-hydroxylation sites is 1. The van der Waals surface area contributed by atoms with Crippen LogP contribution in [0.2, 0.25) is 0 Å². The molecule has 27 heavy (non-hydrogen) atoms. The predicted octanol–water partition coefficient (Wildman–Crippen LogP) is 3.24. The van der Waals surface area contributed by atoms with Crippen LogP contribution in [0.1, 0.15) is 22.7 Å². The molecule has 0 radical (unpaired) electrons. The lowest BCUT2D eigenvalue weighted by Gasteiger charge is -2.37. The average molecular weight is 367 g/mol. The molecule has 3 rings (SSSR count). The van der Waals surface area contributed by atoms with Crippen molar-refractivity contribution in [3.8, 4) is 5.75 Å². The summed E-state index contributed by atoms with van der Waals surface area (Å²) in [7, 11) is 3.77. The first-order chi connectivity index (χ1) is 13.0. The third-order valence-corrected chi connectivity index (χ3v) is 5.31. The van der Waals surface area contributed by atoms with Crippen molar-refractivity contribution in [3.63, 3.8) is 0 Å². The van der Waals surface area contributed by atoms with E-state index >= 15 is 0 Å². The summed E-state index contributed by atoms with van der Waals surface area (Å²) in [6.45, 7) is 7.72. The third kappa shape index (κ3) is 4.49. The highest BCUT2D eigenvalue weighted by molar-refractivity contribution is 5.96. The summed E-state index contributed by atoms with van der Waals surface area (Å²) >= 11 is 0. The van der Waals surface area contributed by atoms with Crippen LogP contribution in [0, 0.1) is 13.8 Å². The zero-order chi connectivity index (χ0) is 19.4. The maximum atomic E-state index is 13.4. The molecule has 5 heteroatoms. The molecule has 1 N–H and O–H groups in total. The van der Waals surface area contributed by atoms with Gasteiger partial charge in [0, 0.05) is 31.9 Å². The largest absolute Gasteiger partial charge is 0.497 e. The minimum Gasteiger partial charge on any atom is -0.497 e. The van der Waals surface area contributed by atoms with Gasteiger partial charge in [0.15, 0.2) is 0 Å². The fourth-order valence-corrected chi connectivity index (χ4v) is 3.60. The van der Waals surface area contributed by atoms with E-state index in [0.29, 0.717) is 0 Å². The van der Waals surface area contributed by atoms with Crippen molar-refractivity contribution in [1.29, 1.82) is 0 Å². The van der Waals surface area contributed by atoms with Gasteiger partial charge in [-0.2, -0.15) is 0 Å². The molecule has 1 aliphatic rings. The van der Waals surface area contributed by atoms with Crippen molar-refractivity contribution in [2.45, 2.75) is 19.9 Å². The molecule has 144 valence electrons. The van der Waals surface area contributed by atoms with Crippen molar-refractivity contribution in [1.82, 2.24) is 9.80 Å². The first-order valence-corrected chi connectivity index (χ1v) is 9.43. The van der Waals surface area contributed by atoms with E-state index in [1.54, 1.807) is 7.11 Å². The number of likely N-dealkylation sites (N-methyl/N-ethyl adjacent to an activating group) is 1. The number of carbonyl (C=O) groups is 1. The predicted molar refractivity (Wildman–Crippen MR) is 109 cm³/mol. The summed E-state index contributed by atoms with van der Waals surface area (Å²) in [6, 6.07) is 13.6.